The fourth-order valence-corrected chi connectivity index (χ4v) is 3.08. The van der Waals surface area contributed by atoms with E-state index in [0.29, 0.717) is 16.8 Å². The number of methoxy groups -OCH3 is 1. The summed E-state index contributed by atoms with van der Waals surface area (Å²) in [6.07, 6.45) is 1.36. The minimum atomic E-state index is -3.52. The van der Waals surface area contributed by atoms with Crippen LogP contribution in [-0.2, 0) is 21.3 Å². The molecule has 1 aromatic carbocycles. The van der Waals surface area contributed by atoms with Gasteiger partial charge in [-0.15, -0.1) is 0 Å². The average molecular weight is 334 g/mol. The van der Waals surface area contributed by atoms with Gasteiger partial charge in [-0.3, -0.25) is 4.98 Å². The van der Waals surface area contributed by atoms with Gasteiger partial charge in [0.25, 0.3) is 0 Å². The van der Waals surface area contributed by atoms with E-state index in [-0.39, 0.29) is 6.54 Å². The summed E-state index contributed by atoms with van der Waals surface area (Å²) >= 11 is 0. The predicted octanol–water partition coefficient (Wildman–Crippen LogP) is 2.05. The van der Waals surface area contributed by atoms with Crippen molar-refractivity contribution >= 4 is 16.0 Å². The van der Waals surface area contributed by atoms with Crippen molar-refractivity contribution in [2.24, 2.45) is 0 Å². The highest BCUT2D eigenvalue weighted by Crippen LogP contribution is 2.20. The van der Waals surface area contributed by atoms with Crippen LogP contribution < -0.4 is 4.72 Å². The molecule has 0 saturated heterocycles. The molecular formula is C16H18N2O4S. The molecule has 0 aliphatic heterocycles. The number of rotatable bonds is 6. The van der Waals surface area contributed by atoms with Crippen molar-refractivity contribution in [1.29, 1.82) is 0 Å². The van der Waals surface area contributed by atoms with Crippen molar-refractivity contribution in [3.63, 3.8) is 0 Å². The van der Waals surface area contributed by atoms with Gasteiger partial charge in [0.15, 0.2) is 0 Å². The first-order valence-electron chi connectivity index (χ1n) is 7.00. The van der Waals surface area contributed by atoms with Crippen LogP contribution >= 0.6 is 0 Å². The summed E-state index contributed by atoms with van der Waals surface area (Å²) in [6.45, 7) is 1.69. The monoisotopic (exact) mass is 334 g/mol. The maximum atomic E-state index is 12.3. The minimum Gasteiger partial charge on any atom is -0.465 e. The number of sulfonamides is 1. The molecule has 0 aliphatic carbocycles. The quantitative estimate of drug-likeness (QED) is 0.817. The van der Waals surface area contributed by atoms with Crippen LogP contribution in [0, 0.1) is 0 Å². The summed E-state index contributed by atoms with van der Waals surface area (Å²) in [4.78, 5) is 15.4. The number of hydrogen-bond acceptors (Lipinski definition) is 5. The molecule has 0 radical (unpaired) electrons. The minimum absolute atomic E-state index is 0.0565. The van der Waals surface area contributed by atoms with Crippen molar-refractivity contribution in [1.82, 2.24) is 9.71 Å². The number of carbonyl (C=O) groups is 1. The van der Waals surface area contributed by atoms with Gasteiger partial charge in [-0.05, 0) is 24.6 Å². The number of ether oxygens (including phenoxy) is 1. The van der Waals surface area contributed by atoms with Crippen LogP contribution in [0.2, 0.25) is 0 Å². The highest BCUT2D eigenvalue weighted by atomic mass is 32.2. The third-order valence-corrected chi connectivity index (χ3v) is 5.18. The van der Waals surface area contributed by atoms with Crippen LogP contribution in [-0.4, -0.2) is 26.5 Å². The van der Waals surface area contributed by atoms with Gasteiger partial charge in [-0.25, -0.2) is 17.9 Å². The predicted molar refractivity (Wildman–Crippen MR) is 86.2 cm³/mol. The van der Waals surface area contributed by atoms with Crippen molar-refractivity contribution in [3.05, 3.63) is 65.5 Å². The summed E-state index contributed by atoms with van der Waals surface area (Å²) in [5.74, 6) is -0.484. The van der Waals surface area contributed by atoms with Crippen LogP contribution in [0.3, 0.4) is 0 Å². The second kappa shape index (κ2) is 7.34. The fourth-order valence-electron chi connectivity index (χ4n) is 1.97. The van der Waals surface area contributed by atoms with Crippen molar-refractivity contribution in [2.45, 2.75) is 18.7 Å². The van der Waals surface area contributed by atoms with Gasteiger partial charge < -0.3 is 4.74 Å². The van der Waals surface area contributed by atoms with E-state index in [1.165, 1.54) is 13.3 Å². The molecule has 0 saturated carbocycles. The molecule has 6 nitrogen and oxygen atoms in total. The number of hydrogen-bond donors (Lipinski definition) is 1. The van der Waals surface area contributed by atoms with Crippen LogP contribution in [0.5, 0.6) is 0 Å². The van der Waals surface area contributed by atoms with Gasteiger partial charge in [-0.2, -0.15) is 0 Å². The summed E-state index contributed by atoms with van der Waals surface area (Å²) in [5.41, 5.74) is 1.55. The van der Waals surface area contributed by atoms with Crippen molar-refractivity contribution < 1.29 is 17.9 Å². The molecule has 1 heterocycles. The fraction of sp³-hybridized carbons (Fsp3) is 0.250. The third-order valence-electron chi connectivity index (χ3n) is 3.43. The Balaban J connectivity index is 2.03. The molecule has 1 unspecified atom stereocenters. The van der Waals surface area contributed by atoms with Crippen molar-refractivity contribution in [2.75, 3.05) is 7.11 Å². The molecule has 0 amide bonds. The molecule has 0 spiro atoms. The Morgan fingerprint density at radius 1 is 1.22 bits per heavy atom. The molecule has 2 rings (SSSR count). The van der Waals surface area contributed by atoms with E-state index in [9.17, 15) is 13.2 Å². The number of nitrogens with one attached hydrogen (secondary N) is 1. The second-order valence-electron chi connectivity index (χ2n) is 4.95. The number of aromatic nitrogens is 1. The topological polar surface area (TPSA) is 85.4 Å². The summed E-state index contributed by atoms with van der Waals surface area (Å²) < 4.78 is 31.7. The van der Waals surface area contributed by atoms with Gasteiger partial charge in [0.05, 0.1) is 30.2 Å². The number of carbonyl (C=O) groups excluding carboxylic acids is 1. The first-order valence-corrected chi connectivity index (χ1v) is 8.55. The molecule has 0 aliphatic rings. The van der Waals surface area contributed by atoms with Crippen LogP contribution in [0.4, 0.5) is 0 Å². The molecule has 0 bridgehead atoms. The van der Waals surface area contributed by atoms with E-state index in [1.807, 2.05) is 6.07 Å². The van der Waals surface area contributed by atoms with Gasteiger partial charge >= 0.3 is 5.97 Å². The Bertz CT molecular complexity index is 758. The zero-order valence-electron chi connectivity index (χ0n) is 12.9. The Kier molecular flexibility index (Phi) is 5.46. The highest BCUT2D eigenvalue weighted by Gasteiger charge is 2.22. The zero-order valence-corrected chi connectivity index (χ0v) is 13.7. The largest absolute Gasteiger partial charge is 0.465 e. The Morgan fingerprint density at radius 3 is 2.48 bits per heavy atom. The van der Waals surface area contributed by atoms with Crippen LogP contribution in [0.1, 0.15) is 33.8 Å². The SMILES string of the molecule is COC(=O)c1ccc(CNS(=O)(=O)C(C)c2ccccc2)nc1. The van der Waals surface area contributed by atoms with E-state index < -0.39 is 21.2 Å². The van der Waals surface area contributed by atoms with Crippen LogP contribution in [0.15, 0.2) is 48.7 Å². The van der Waals surface area contributed by atoms with E-state index in [1.54, 1.807) is 43.3 Å². The molecule has 23 heavy (non-hydrogen) atoms. The molecule has 1 atom stereocenters. The number of benzene rings is 1. The molecule has 2 aromatic rings. The van der Waals surface area contributed by atoms with Crippen LogP contribution in [0.25, 0.3) is 0 Å². The Labute approximate surface area is 135 Å². The standard InChI is InChI=1S/C16H18N2O4S/c1-12(13-6-4-3-5-7-13)23(20,21)18-11-15-9-8-14(10-17-15)16(19)22-2/h3-10,12,18H,11H2,1-2H3. The lowest BCUT2D eigenvalue weighted by Gasteiger charge is -2.14. The number of nitrogens with zero attached hydrogens (tertiary/aromatic N) is 1. The Hall–Kier alpha value is -2.25. The molecule has 7 heteroatoms. The van der Waals surface area contributed by atoms with Gasteiger partial charge in [0.2, 0.25) is 10.0 Å². The number of pyridine rings is 1. The maximum Gasteiger partial charge on any atom is 0.339 e. The maximum absolute atomic E-state index is 12.3. The van der Waals surface area contributed by atoms with Gasteiger partial charge in [0, 0.05) is 6.20 Å². The second-order valence-corrected chi connectivity index (χ2v) is 7.03. The molecule has 1 aromatic heterocycles. The number of esters is 1. The molecule has 122 valence electrons. The molecular weight excluding hydrogens is 316 g/mol. The van der Waals surface area contributed by atoms with E-state index >= 15 is 0 Å². The average Bonchev–Trinajstić information content (AvgIpc) is 2.60. The van der Waals surface area contributed by atoms with Gasteiger partial charge in [0.1, 0.15) is 0 Å². The lowest BCUT2D eigenvalue weighted by atomic mass is 10.2. The molecule has 1 N–H and O–H groups in total. The smallest absolute Gasteiger partial charge is 0.339 e. The first-order chi connectivity index (χ1) is 10.9. The third kappa shape index (κ3) is 4.37. The lowest BCUT2D eigenvalue weighted by Crippen LogP contribution is -2.28. The Morgan fingerprint density at radius 2 is 1.91 bits per heavy atom. The zero-order chi connectivity index (χ0) is 16.9. The first kappa shape index (κ1) is 17.1. The van der Waals surface area contributed by atoms with E-state index in [2.05, 4.69) is 14.4 Å². The normalized spacial score (nSPS) is 12.6. The lowest BCUT2D eigenvalue weighted by molar-refractivity contribution is 0.0600. The van der Waals surface area contributed by atoms with E-state index in [0.717, 1.165) is 0 Å². The highest BCUT2D eigenvalue weighted by molar-refractivity contribution is 7.89. The van der Waals surface area contributed by atoms with Gasteiger partial charge in [-0.1, -0.05) is 30.3 Å². The summed E-state index contributed by atoms with van der Waals surface area (Å²) in [7, 11) is -2.24. The van der Waals surface area contributed by atoms with E-state index in [4.69, 9.17) is 0 Å². The summed E-state index contributed by atoms with van der Waals surface area (Å²) in [6, 6.07) is 12.1. The van der Waals surface area contributed by atoms with Crippen molar-refractivity contribution in [3.8, 4) is 0 Å². The summed E-state index contributed by atoms with van der Waals surface area (Å²) in [5, 5.41) is -0.668. The molecule has 0 fully saturated rings.